The Bertz CT molecular complexity index is 950. The number of hydrogen-bond acceptors (Lipinski definition) is 4. The summed E-state index contributed by atoms with van der Waals surface area (Å²) in [4.78, 5) is 17.0. The third-order valence-electron chi connectivity index (χ3n) is 5.17. The van der Waals surface area contributed by atoms with E-state index in [0.717, 1.165) is 36.2 Å². The lowest BCUT2D eigenvalue weighted by Crippen LogP contribution is -2.49. The van der Waals surface area contributed by atoms with Crippen LogP contribution in [0, 0.1) is 0 Å². The van der Waals surface area contributed by atoms with Gasteiger partial charge in [-0.05, 0) is 35.0 Å². The van der Waals surface area contributed by atoms with Crippen LogP contribution in [0.2, 0.25) is 0 Å². The van der Waals surface area contributed by atoms with E-state index in [2.05, 4.69) is 4.90 Å². The predicted octanol–water partition coefficient (Wildman–Crippen LogP) is 3.38. The van der Waals surface area contributed by atoms with Gasteiger partial charge < -0.3 is 14.7 Å². The van der Waals surface area contributed by atoms with Crippen molar-refractivity contribution in [3.05, 3.63) is 72.3 Å². The highest BCUT2D eigenvalue weighted by Gasteiger charge is 2.24. The average Bonchev–Trinajstić information content (AvgIpc) is 2.74. The van der Waals surface area contributed by atoms with Crippen molar-refractivity contribution in [1.29, 1.82) is 0 Å². The third kappa shape index (κ3) is 4.10. The van der Waals surface area contributed by atoms with Crippen molar-refractivity contribution in [2.75, 3.05) is 39.3 Å². The zero-order valence-corrected chi connectivity index (χ0v) is 15.8. The number of phenolic OH excluding ortho intramolecular Hbond substituents is 1. The molecule has 4 rings (SSSR count). The molecule has 0 atom stereocenters. The first-order chi connectivity index (χ1) is 13.7. The SMILES string of the molecule is O=C(c1cc2ccccc2cc1O)N1CCN(CCOc2ccccc2)CC1. The summed E-state index contributed by atoms with van der Waals surface area (Å²) in [7, 11) is 0. The Labute approximate surface area is 164 Å². The van der Waals surface area contributed by atoms with Crippen LogP contribution in [0.1, 0.15) is 10.4 Å². The van der Waals surface area contributed by atoms with E-state index >= 15 is 0 Å². The summed E-state index contributed by atoms with van der Waals surface area (Å²) in [5.74, 6) is 0.814. The van der Waals surface area contributed by atoms with Gasteiger partial charge in [-0.15, -0.1) is 0 Å². The van der Waals surface area contributed by atoms with Crippen LogP contribution >= 0.6 is 0 Å². The highest BCUT2D eigenvalue weighted by Crippen LogP contribution is 2.26. The zero-order valence-electron chi connectivity index (χ0n) is 15.8. The first kappa shape index (κ1) is 18.3. The molecule has 5 heteroatoms. The van der Waals surface area contributed by atoms with Gasteiger partial charge in [0.1, 0.15) is 18.1 Å². The van der Waals surface area contributed by atoms with Crippen LogP contribution < -0.4 is 4.74 Å². The van der Waals surface area contributed by atoms with Gasteiger partial charge in [0.15, 0.2) is 0 Å². The monoisotopic (exact) mass is 376 g/mol. The van der Waals surface area contributed by atoms with Crippen molar-refractivity contribution in [2.45, 2.75) is 0 Å². The molecule has 1 saturated heterocycles. The maximum atomic E-state index is 12.9. The molecule has 0 saturated carbocycles. The number of carbonyl (C=O) groups is 1. The molecule has 1 fully saturated rings. The fourth-order valence-corrected chi connectivity index (χ4v) is 3.55. The number of aromatic hydroxyl groups is 1. The summed E-state index contributed by atoms with van der Waals surface area (Å²) in [5, 5.41) is 12.2. The molecular formula is C23H24N2O3. The minimum Gasteiger partial charge on any atom is -0.507 e. The van der Waals surface area contributed by atoms with Crippen LogP contribution in [-0.4, -0.2) is 60.1 Å². The van der Waals surface area contributed by atoms with Crippen molar-refractivity contribution >= 4 is 16.7 Å². The van der Waals surface area contributed by atoms with Gasteiger partial charge >= 0.3 is 0 Å². The van der Waals surface area contributed by atoms with E-state index < -0.39 is 0 Å². The molecule has 3 aromatic rings. The van der Waals surface area contributed by atoms with Crippen LogP contribution in [-0.2, 0) is 0 Å². The molecule has 0 aliphatic carbocycles. The molecule has 28 heavy (non-hydrogen) atoms. The number of piperazine rings is 1. The highest BCUT2D eigenvalue weighted by atomic mass is 16.5. The molecule has 3 aromatic carbocycles. The molecule has 0 radical (unpaired) electrons. The van der Waals surface area contributed by atoms with E-state index in [-0.39, 0.29) is 11.7 Å². The van der Waals surface area contributed by atoms with Gasteiger partial charge in [0.2, 0.25) is 0 Å². The Kier molecular flexibility index (Phi) is 5.44. The van der Waals surface area contributed by atoms with Crippen LogP contribution in [0.3, 0.4) is 0 Å². The Hall–Kier alpha value is -3.05. The van der Waals surface area contributed by atoms with Crippen molar-refractivity contribution in [3.8, 4) is 11.5 Å². The normalized spacial score (nSPS) is 14.9. The smallest absolute Gasteiger partial charge is 0.257 e. The number of carbonyl (C=O) groups excluding carboxylic acids is 1. The molecule has 1 aliphatic rings. The van der Waals surface area contributed by atoms with Crippen LogP contribution in [0.5, 0.6) is 11.5 Å². The van der Waals surface area contributed by atoms with Crippen LogP contribution in [0.4, 0.5) is 0 Å². The summed E-state index contributed by atoms with van der Waals surface area (Å²) in [6.07, 6.45) is 0. The van der Waals surface area contributed by atoms with E-state index in [1.54, 1.807) is 12.1 Å². The third-order valence-corrected chi connectivity index (χ3v) is 5.17. The number of para-hydroxylation sites is 1. The Morgan fingerprint density at radius 2 is 1.54 bits per heavy atom. The summed E-state index contributed by atoms with van der Waals surface area (Å²) in [6, 6.07) is 21.0. The Morgan fingerprint density at radius 3 is 2.25 bits per heavy atom. The van der Waals surface area contributed by atoms with E-state index in [1.165, 1.54) is 0 Å². The number of nitrogens with zero attached hydrogens (tertiary/aromatic N) is 2. The van der Waals surface area contributed by atoms with E-state index in [0.29, 0.717) is 25.3 Å². The van der Waals surface area contributed by atoms with Crippen molar-refractivity contribution < 1.29 is 14.6 Å². The molecule has 1 aliphatic heterocycles. The lowest BCUT2D eigenvalue weighted by molar-refractivity contribution is 0.0617. The number of hydrogen-bond donors (Lipinski definition) is 1. The zero-order chi connectivity index (χ0) is 19.3. The van der Waals surface area contributed by atoms with Crippen LogP contribution in [0.25, 0.3) is 10.8 Å². The maximum absolute atomic E-state index is 12.9. The molecular weight excluding hydrogens is 352 g/mol. The number of rotatable bonds is 5. The van der Waals surface area contributed by atoms with Gasteiger partial charge in [0.05, 0.1) is 5.56 Å². The van der Waals surface area contributed by atoms with Crippen molar-refractivity contribution in [1.82, 2.24) is 9.80 Å². The highest BCUT2D eigenvalue weighted by molar-refractivity contribution is 6.01. The van der Waals surface area contributed by atoms with Crippen molar-refractivity contribution in [2.24, 2.45) is 0 Å². The van der Waals surface area contributed by atoms with Gasteiger partial charge in [-0.2, -0.15) is 0 Å². The molecule has 0 spiro atoms. The first-order valence-corrected chi connectivity index (χ1v) is 9.62. The molecule has 0 unspecified atom stereocenters. The van der Waals surface area contributed by atoms with Crippen molar-refractivity contribution in [3.63, 3.8) is 0 Å². The number of benzene rings is 3. The molecule has 0 bridgehead atoms. The number of amides is 1. The molecule has 1 amide bonds. The van der Waals surface area contributed by atoms with E-state index in [1.807, 2.05) is 59.5 Å². The summed E-state index contributed by atoms with van der Waals surface area (Å²) in [5.41, 5.74) is 0.375. The Balaban J connectivity index is 1.32. The van der Waals surface area contributed by atoms with Crippen LogP contribution in [0.15, 0.2) is 66.7 Å². The molecule has 1 heterocycles. The molecule has 144 valence electrons. The summed E-state index contributed by atoms with van der Waals surface area (Å²) < 4.78 is 5.75. The van der Waals surface area contributed by atoms with Gasteiger partial charge in [-0.3, -0.25) is 9.69 Å². The van der Waals surface area contributed by atoms with Gasteiger partial charge in [-0.1, -0.05) is 42.5 Å². The fourth-order valence-electron chi connectivity index (χ4n) is 3.55. The predicted molar refractivity (Wildman–Crippen MR) is 110 cm³/mol. The standard InChI is InChI=1S/C23H24N2O3/c26-22-17-19-7-5-4-6-18(19)16-21(22)23(27)25-12-10-24(11-13-25)14-15-28-20-8-2-1-3-9-20/h1-9,16-17,26H,10-15H2. The topological polar surface area (TPSA) is 53.0 Å². The number of ether oxygens (including phenoxy) is 1. The van der Waals surface area contributed by atoms with E-state index in [4.69, 9.17) is 4.74 Å². The molecule has 1 N–H and O–H groups in total. The minimum atomic E-state index is -0.108. The fraction of sp³-hybridized carbons (Fsp3) is 0.261. The van der Waals surface area contributed by atoms with Gasteiger partial charge in [-0.25, -0.2) is 0 Å². The minimum absolute atomic E-state index is 0.0439. The Morgan fingerprint density at radius 1 is 0.893 bits per heavy atom. The number of phenols is 1. The summed E-state index contributed by atoms with van der Waals surface area (Å²) >= 11 is 0. The quantitative estimate of drug-likeness (QED) is 0.742. The van der Waals surface area contributed by atoms with Gasteiger partial charge in [0.25, 0.3) is 5.91 Å². The second-order valence-electron chi connectivity index (χ2n) is 7.01. The first-order valence-electron chi connectivity index (χ1n) is 9.62. The summed E-state index contributed by atoms with van der Waals surface area (Å²) in [6.45, 7) is 4.37. The number of fused-ring (bicyclic) bond motifs is 1. The van der Waals surface area contributed by atoms with E-state index in [9.17, 15) is 9.90 Å². The lowest BCUT2D eigenvalue weighted by atomic mass is 10.0. The molecule has 5 nitrogen and oxygen atoms in total. The molecule has 0 aromatic heterocycles. The largest absolute Gasteiger partial charge is 0.507 e. The van der Waals surface area contributed by atoms with Gasteiger partial charge in [0, 0.05) is 32.7 Å². The second kappa shape index (κ2) is 8.31. The lowest BCUT2D eigenvalue weighted by Gasteiger charge is -2.34. The second-order valence-corrected chi connectivity index (χ2v) is 7.01. The maximum Gasteiger partial charge on any atom is 0.257 e. The average molecular weight is 376 g/mol.